The Labute approximate surface area is 193 Å². The molecule has 2 rings (SSSR count). The highest BCUT2D eigenvalue weighted by molar-refractivity contribution is 5.98. The summed E-state index contributed by atoms with van der Waals surface area (Å²) in [6.45, 7) is 11.4. The topological polar surface area (TPSA) is 87.9 Å². The van der Waals surface area contributed by atoms with E-state index in [9.17, 15) is 22.8 Å². The molecule has 1 heterocycles. The first-order valence-electron chi connectivity index (χ1n) is 11.1. The number of morpholine rings is 1. The maximum absolute atomic E-state index is 13.8. The van der Waals surface area contributed by atoms with E-state index in [0.29, 0.717) is 13.1 Å². The lowest BCUT2D eigenvalue weighted by Gasteiger charge is -2.36. The van der Waals surface area contributed by atoms with Crippen molar-refractivity contribution in [3.63, 3.8) is 0 Å². The Balaban J connectivity index is 2.32. The van der Waals surface area contributed by atoms with Crippen molar-refractivity contribution in [1.29, 1.82) is 0 Å². The first-order valence-corrected chi connectivity index (χ1v) is 11.1. The fourth-order valence-corrected chi connectivity index (χ4v) is 3.88. The number of hydrogen-bond donors (Lipinski definition) is 2. The maximum Gasteiger partial charge on any atom is 0.418 e. The van der Waals surface area contributed by atoms with Crippen molar-refractivity contribution in [3.05, 3.63) is 23.8 Å². The molecular weight excluding hydrogens is 437 g/mol. The van der Waals surface area contributed by atoms with Gasteiger partial charge in [0.2, 0.25) is 5.91 Å². The Morgan fingerprint density at radius 3 is 2.45 bits per heavy atom. The van der Waals surface area contributed by atoms with Gasteiger partial charge in [0, 0.05) is 31.9 Å². The molecule has 1 aromatic carbocycles. The minimum Gasteiger partial charge on any atom is -0.370 e. The van der Waals surface area contributed by atoms with Crippen LogP contribution < -0.4 is 16.0 Å². The van der Waals surface area contributed by atoms with Crippen molar-refractivity contribution >= 4 is 23.2 Å². The maximum atomic E-state index is 13.8. The molecule has 10 heteroatoms. The van der Waals surface area contributed by atoms with E-state index in [4.69, 9.17) is 10.5 Å². The molecule has 1 aliphatic rings. The van der Waals surface area contributed by atoms with Crippen LogP contribution in [0.15, 0.2) is 18.2 Å². The lowest BCUT2D eigenvalue weighted by Crippen LogP contribution is -2.52. The predicted molar refractivity (Wildman–Crippen MR) is 122 cm³/mol. The lowest BCUT2D eigenvalue weighted by molar-refractivity contribution is -0.137. The number of nitrogens with zero attached hydrogens (tertiary/aromatic N) is 2. The van der Waals surface area contributed by atoms with Gasteiger partial charge in [0.1, 0.15) is 12.6 Å². The zero-order chi connectivity index (χ0) is 25.0. The third-order valence-corrected chi connectivity index (χ3v) is 5.09. The van der Waals surface area contributed by atoms with E-state index >= 15 is 0 Å². The monoisotopic (exact) mass is 472 g/mol. The highest BCUT2D eigenvalue weighted by Gasteiger charge is 2.37. The molecule has 1 fully saturated rings. The second kappa shape index (κ2) is 10.8. The highest BCUT2D eigenvalue weighted by Crippen LogP contribution is 2.38. The number of benzene rings is 1. The van der Waals surface area contributed by atoms with Gasteiger partial charge in [-0.15, -0.1) is 0 Å². The number of ether oxygens (including phenoxy) is 1. The average molecular weight is 473 g/mol. The standard InChI is InChI=1S/C23H35F3N4O3/c1-15(2)12-29(14-22(3,4)5)19(11-27)21(32)28-16-6-7-18(17(10-16)23(24,25)26)30-8-9-33-13-20(30)31/h6-7,10,15,19H,8-9,11-14,27H2,1-5H3,(H,28,32)/t19-/m1/s1. The van der Waals surface area contributed by atoms with Gasteiger partial charge in [-0.05, 0) is 29.5 Å². The van der Waals surface area contributed by atoms with Gasteiger partial charge in [-0.3, -0.25) is 14.5 Å². The number of carbonyl (C=O) groups is 2. The van der Waals surface area contributed by atoms with Gasteiger partial charge < -0.3 is 20.7 Å². The van der Waals surface area contributed by atoms with Crippen LogP contribution in [0.1, 0.15) is 40.2 Å². The first kappa shape index (κ1) is 27.1. The first-order chi connectivity index (χ1) is 15.2. The number of hydrogen-bond acceptors (Lipinski definition) is 5. The summed E-state index contributed by atoms with van der Waals surface area (Å²) in [5.41, 5.74) is 4.57. The van der Waals surface area contributed by atoms with Crippen molar-refractivity contribution < 1.29 is 27.5 Å². The summed E-state index contributed by atoms with van der Waals surface area (Å²) in [6.07, 6.45) is -4.71. The fourth-order valence-electron chi connectivity index (χ4n) is 3.88. The van der Waals surface area contributed by atoms with E-state index in [0.717, 1.165) is 11.0 Å². The molecule has 3 N–H and O–H groups in total. The van der Waals surface area contributed by atoms with Crippen LogP contribution in [0, 0.1) is 11.3 Å². The van der Waals surface area contributed by atoms with Gasteiger partial charge in [0.25, 0.3) is 5.91 Å². The number of amides is 2. The van der Waals surface area contributed by atoms with E-state index in [-0.39, 0.29) is 49.0 Å². The number of nitrogens with one attached hydrogen (secondary N) is 1. The Bertz CT molecular complexity index is 837. The van der Waals surface area contributed by atoms with Crippen LogP contribution in [0.2, 0.25) is 0 Å². The molecule has 0 bridgehead atoms. The van der Waals surface area contributed by atoms with Crippen LogP contribution in [-0.2, 0) is 20.5 Å². The molecule has 1 saturated heterocycles. The third kappa shape index (κ3) is 7.68. The second-order valence-corrected chi connectivity index (χ2v) is 9.95. The van der Waals surface area contributed by atoms with E-state index < -0.39 is 29.6 Å². The molecule has 0 aromatic heterocycles. The predicted octanol–water partition coefficient (Wildman–Crippen LogP) is 3.34. The van der Waals surface area contributed by atoms with Crippen molar-refractivity contribution in [3.8, 4) is 0 Å². The van der Waals surface area contributed by atoms with Crippen molar-refractivity contribution in [2.45, 2.75) is 46.8 Å². The van der Waals surface area contributed by atoms with Crippen LogP contribution in [0.25, 0.3) is 0 Å². The van der Waals surface area contributed by atoms with Crippen molar-refractivity contribution in [1.82, 2.24) is 4.90 Å². The summed E-state index contributed by atoms with van der Waals surface area (Å²) in [5.74, 6) is -0.736. The molecule has 1 atom stereocenters. The zero-order valence-electron chi connectivity index (χ0n) is 20.0. The minimum absolute atomic E-state index is 0.00418. The molecule has 1 aliphatic heterocycles. The van der Waals surface area contributed by atoms with Crippen LogP contribution in [0.5, 0.6) is 0 Å². The Morgan fingerprint density at radius 1 is 1.27 bits per heavy atom. The molecule has 0 aliphatic carbocycles. The summed E-state index contributed by atoms with van der Waals surface area (Å²) in [5, 5.41) is 2.60. The van der Waals surface area contributed by atoms with Crippen LogP contribution >= 0.6 is 0 Å². The average Bonchev–Trinajstić information content (AvgIpc) is 2.66. The summed E-state index contributed by atoms with van der Waals surface area (Å²) in [4.78, 5) is 28.2. The molecule has 2 amide bonds. The molecule has 0 unspecified atom stereocenters. The van der Waals surface area contributed by atoms with Gasteiger partial charge in [0.15, 0.2) is 0 Å². The van der Waals surface area contributed by atoms with Crippen molar-refractivity contribution in [2.24, 2.45) is 17.1 Å². The van der Waals surface area contributed by atoms with Gasteiger partial charge in [0.05, 0.1) is 17.9 Å². The lowest BCUT2D eigenvalue weighted by atomic mass is 9.94. The van der Waals surface area contributed by atoms with Crippen LogP contribution in [-0.4, -0.2) is 62.1 Å². The van der Waals surface area contributed by atoms with Crippen molar-refractivity contribution in [2.75, 3.05) is 49.6 Å². The molecule has 7 nitrogen and oxygen atoms in total. The molecule has 0 spiro atoms. The van der Waals surface area contributed by atoms with Crippen LogP contribution in [0.4, 0.5) is 24.5 Å². The molecular formula is C23H35F3N4O3. The largest absolute Gasteiger partial charge is 0.418 e. The number of nitrogens with two attached hydrogens (primary N) is 1. The normalized spacial score (nSPS) is 16.5. The number of rotatable bonds is 8. The quantitative estimate of drug-likeness (QED) is 0.606. The van der Waals surface area contributed by atoms with E-state index in [1.54, 1.807) is 0 Å². The Kier molecular flexibility index (Phi) is 8.89. The highest BCUT2D eigenvalue weighted by atomic mass is 19.4. The Hall–Kier alpha value is -2.17. The zero-order valence-corrected chi connectivity index (χ0v) is 20.0. The molecule has 186 valence electrons. The summed E-state index contributed by atoms with van der Waals surface area (Å²) in [6, 6.07) is 2.75. The van der Waals surface area contributed by atoms with E-state index in [1.165, 1.54) is 12.1 Å². The van der Waals surface area contributed by atoms with E-state index in [1.807, 2.05) is 39.5 Å². The fraction of sp³-hybridized carbons (Fsp3) is 0.652. The van der Waals surface area contributed by atoms with E-state index in [2.05, 4.69) is 5.32 Å². The van der Waals surface area contributed by atoms with Crippen LogP contribution in [0.3, 0.4) is 0 Å². The number of anilines is 2. The number of alkyl halides is 3. The second-order valence-electron chi connectivity index (χ2n) is 9.95. The van der Waals surface area contributed by atoms with Gasteiger partial charge >= 0.3 is 6.18 Å². The Morgan fingerprint density at radius 2 is 1.94 bits per heavy atom. The van der Waals surface area contributed by atoms with Gasteiger partial charge in [-0.25, -0.2) is 0 Å². The van der Waals surface area contributed by atoms with Gasteiger partial charge in [-0.2, -0.15) is 13.2 Å². The molecule has 1 aromatic rings. The molecule has 0 radical (unpaired) electrons. The SMILES string of the molecule is CC(C)CN(CC(C)(C)C)[C@H](CN)C(=O)Nc1ccc(N2CCOCC2=O)c(C(F)(F)F)c1. The summed E-state index contributed by atoms with van der Waals surface area (Å²) >= 11 is 0. The third-order valence-electron chi connectivity index (χ3n) is 5.09. The number of halogens is 3. The number of carbonyl (C=O) groups excluding carboxylic acids is 2. The molecule has 33 heavy (non-hydrogen) atoms. The summed E-state index contributed by atoms with van der Waals surface area (Å²) in [7, 11) is 0. The van der Waals surface area contributed by atoms with Gasteiger partial charge in [-0.1, -0.05) is 34.6 Å². The minimum atomic E-state index is -4.71. The smallest absolute Gasteiger partial charge is 0.370 e. The molecule has 0 saturated carbocycles. The summed E-state index contributed by atoms with van der Waals surface area (Å²) < 4.78 is 46.5.